The van der Waals surface area contributed by atoms with E-state index in [9.17, 15) is 10.1 Å². The van der Waals surface area contributed by atoms with Gasteiger partial charge in [-0.05, 0) is 47.9 Å². The molecular weight excluding hydrogens is 390 g/mol. The van der Waals surface area contributed by atoms with Gasteiger partial charge in [-0.1, -0.05) is 85.8 Å². The molecule has 2 rings (SSSR count). The molecule has 1 fully saturated rings. The van der Waals surface area contributed by atoms with Crippen molar-refractivity contribution in [3.63, 3.8) is 0 Å². The summed E-state index contributed by atoms with van der Waals surface area (Å²) in [4.78, 5) is 11.5. The summed E-state index contributed by atoms with van der Waals surface area (Å²) in [6, 6.07) is 5.83. The third kappa shape index (κ3) is 6.65. The van der Waals surface area contributed by atoms with E-state index in [1.54, 1.807) is 6.07 Å². The van der Waals surface area contributed by atoms with Crippen LogP contribution in [0.25, 0.3) is 0 Å². The zero-order valence-corrected chi connectivity index (χ0v) is 21.5. The first kappa shape index (κ1) is 25.1. The van der Waals surface area contributed by atoms with E-state index in [2.05, 4.69) is 39.9 Å². The van der Waals surface area contributed by atoms with Gasteiger partial charge in [0.05, 0.1) is 4.92 Å². The van der Waals surface area contributed by atoms with Gasteiger partial charge in [-0.15, -0.1) is 0 Å². The monoisotopic (exact) mass is 433 g/mol. The first-order valence-electron chi connectivity index (χ1n) is 11.7. The zero-order chi connectivity index (χ0) is 22.7. The summed E-state index contributed by atoms with van der Waals surface area (Å²) in [5.41, 5.74) is 1.81. The lowest BCUT2D eigenvalue weighted by atomic mass is 9.83. The van der Waals surface area contributed by atoms with Crippen LogP contribution < -0.4 is 0 Å². The minimum Gasteiger partial charge on any atom is -0.414 e. The van der Waals surface area contributed by atoms with Gasteiger partial charge in [-0.3, -0.25) is 10.1 Å². The van der Waals surface area contributed by atoms with Gasteiger partial charge in [0, 0.05) is 17.7 Å². The standard InChI is InChI=1S/C25H43NO3Si/c1-24(2,3)22-15-14-20(18-23(22)26(27)28)17-21(16-19-12-10-9-11-13-19)29-30(7,8)25(4,5)6/h14-15,18-19,21H,9-13,16-17H2,1-8H3. The summed E-state index contributed by atoms with van der Waals surface area (Å²) >= 11 is 0. The van der Waals surface area contributed by atoms with E-state index >= 15 is 0 Å². The summed E-state index contributed by atoms with van der Waals surface area (Å²) in [5, 5.41) is 11.9. The maximum atomic E-state index is 11.8. The highest BCUT2D eigenvalue weighted by atomic mass is 28.4. The summed E-state index contributed by atoms with van der Waals surface area (Å²) in [7, 11) is -1.92. The van der Waals surface area contributed by atoms with Crippen LogP contribution >= 0.6 is 0 Å². The molecule has 0 radical (unpaired) electrons. The van der Waals surface area contributed by atoms with Gasteiger partial charge in [0.2, 0.25) is 0 Å². The number of nitrogens with zero attached hydrogens (tertiary/aromatic N) is 1. The molecule has 30 heavy (non-hydrogen) atoms. The fraction of sp³-hybridized carbons (Fsp3) is 0.760. The van der Waals surface area contributed by atoms with Crippen LogP contribution in [-0.4, -0.2) is 19.3 Å². The highest BCUT2D eigenvalue weighted by molar-refractivity contribution is 6.74. The van der Waals surface area contributed by atoms with Crippen molar-refractivity contribution in [2.24, 2.45) is 5.92 Å². The molecule has 170 valence electrons. The molecule has 1 atom stereocenters. The van der Waals surface area contributed by atoms with Gasteiger partial charge in [-0.2, -0.15) is 0 Å². The molecule has 5 heteroatoms. The lowest BCUT2D eigenvalue weighted by Gasteiger charge is -2.40. The lowest BCUT2D eigenvalue weighted by molar-refractivity contribution is -0.386. The van der Waals surface area contributed by atoms with Crippen molar-refractivity contribution in [2.75, 3.05) is 0 Å². The van der Waals surface area contributed by atoms with Crippen LogP contribution in [0.3, 0.4) is 0 Å². The number of hydrogen-bond acceptors (Lipinski definition) is 3. The van der Waals surface area contributed by atoms with Crippen LogP contribution in [0.5, 0.6) is 0 Å². The molecular formula is C25H43NO3Si. The molecule has 4 nitrogen and oxygen atoms in total. The molecule has 1 aliphatic rings. The second kappa shape index (κ2) is 9.52. The van der Waals surface area contributed by atoms with Gasteiger partial charge in [0.25, 0.3) is 5.69 Å². The number of hydrogen-bond donors (Lipinski definition) is 0. The van der Waals surface area contributed by atoms with Crippen molar-refractivity contribution in [1.82, 2.24) is 0 Å². The topological polar surface area (TPSA) is 52.4 Å². The van der Waals surface area contributed by atoms with E-state index in [1.165, 1.54) is 32.1 Å². The lowest BCUT2D eigenvalue weighted by Crippen LogP contribution is -2.45. The van der Waals surface area contributed by atoms with Gasteiger partial charge in [0.15, 0.2) is 8.32 Å². The predicted octanol–water partition coefficient (Wildman–Crippen LogP) is 7.80. The fourth-order valence-electron chi connectivity index (χ4n) is 4.31. The molecule has 1 unspecified atom stereocenters. The molecule has 1 aromatic carbocycles. The number of nitro groups is 1. The SMILES string of the molecule is CC(C)(C)c1ccc(CC(CC2CCCCC2)O[Si](C)(C)C(C)(C)C)cc1[N+](=O)[O-]. The minimum atomic E-state index is -1.92. The van der Waals surface area contributed by atoms with Crippen molar-refractivity contribution in [3.05, 3.63) is 39.4 Å². The van der Waals surface area contributed by atoms with Crippen molar-refractivity contribution in [3.8, 4) is 0 Å². The number of benzene rings is 1. The second-order valence-electron chi connectivity index (χ2n) is 11.8. The second-order valence-corrected chi connectivity index (χ2v) is 16.6. The molecule has 0 spiro atoms. The number of nitro benzene ring substituents is 1. The third-order valence-corrected chi connectivity index (χ3v) is 11.7. The van der Waals surface area contributed by atoms with E-state index in [0.29, 0.717) is 0 Å². The first-order valence-corrected chi connectivity index (χ1v) is 14.6. The molecule has 0 bridgehead atoms. The van der Waals surface area contributed by atoms with Crippen LogP contribution in [0.4, 0.5) is 5.69 Å². The Morgan fingerprint density at radius 3 is 2.20 bits per heavy atom. The Bertz CT molecular complexity index is 725. The average Bonchev–Trinajstić information content (AvgIpc) is 2.60. The normalized spacial score (nSPS) is 17.7. The molecule has 0 amide bonds. The van der Waals surface area contributed by atoms with Crippen LogP contribution in [-0.2, 0) is 16.3 Å². The zero-order valence-electron chi connectivity index (χ0n) is 20.5. The molecule has 0 aromatic heterocycles. The molecule has 0 aliphatic heterocycles. The van der Waals surface area contributed by atoms with Crippen molar-refractivity contribution in [1.29, 1.82) is 0 Å². The Morgan fingerprint density at radius 1 is 1.10 bits per heavy atom. The molecule has 0 saturated heterocycles. The van der Waals surface area contributed by atoms with Crippen molar-refractivity contribution in [2.45, 2.75) is 116 Å². The van der Waals surface area contributed by atoms with Crippen LogP contribution in [0, 0.1) is 16.0 Å². The van der Waals surface area contributed by atoms with Gasteiger partial charge >= 0.3 is 0 Å². The Kier molecular flexibility index (Phi) is 7.95. The maximum Gasteiger partial charge on any atom is 0.273 e. The Labute approximate surface area is 185 Å². The molecule has 0 heterocycles. The van der Waals surface area contributed by atoms with E-state index in [1.807, 2.05) is 26.8 Å². The van der Waals surface area contributed by atoms with Gasteiger partial charge < -0.3 is 4.43 Å². The quantitative estimate of drug-likeness (QED) is 0.250. The Morgan fingerprint density at radius 2 is 1.70 bits per heavy atom. The summed E-state index contributed by atoms with van der Waals surface area (Å²) in [6.07, 6.45) is 8.54. The van der Waals surface area contributed by atoms with Crippen molar-refractivity contribution >= 4 is 14.0 Å². The molecule has 1 aromatic rings. The molecule has 0 N–H and O–H groups in total. The smallest absolute Gasteiger partial charge is 0.273 e. The molecule has 1 aliphatic carbocycles. The van der Waals surface area contributed by atoms with Crippen molar-refractivity contribution < 1.29 is 9.35 Å². The first-order chi connectivity index (χ1) is 13.7. The summed E-state index contributed by atoms with van der Waals surface area (Å²) < 4.78 is 6.88. The van der Waals surface area contributed by atoms with E-state index in [4.69, 9.17) is 4.43 Å². The minimum absolute atomic E-state index is 0.133. The fourth-order valence-corrected chi connectivity index (χ4v) is 5.68. The highest BCUT2D eigenvalue weighted by Gasteiger charge is 2.39. The van der Waals surface area contributed by atoms with Crippen LogP contribution in [0.2, 0.25) is 18.1 Å². The average molecular weight is 434 g/mol. The van der Waals surface area contributed by atoms with E-state index in [0.717, 1.165) is 29.9 Å². The highest BCUT2D eigenvalue weighted by Crippen LogP contribution is 2.40. The summed E-state index contributed by atoms with van der Waals surface area (Å²) in [6.45, 7) is 17.5. The van der Waals surface area contributed by atoms with Gasteiger partial charge in [0.1, 0.15) is 0 Å². The molecule has 1 saturated carbocycles. The van der Waals surface area contributed by atoms with E-state index < -0.39 is 8.32 Å². The van der Waals surface area contributed by atoms with Crippen LogP contribution in [0.1, 0.15) is 91.2 Å². The van der Waals surface area contributed by atoms with Gasteiger partial charge in [-0.25, -0.2) is 0 Å². The third-order valence-electron chi connectivity index (χ3n) is 7.12. The predicted molar refractivity (Wildman–Crippen MR) is 129 cm³/mol. The maximum absolute atomic E-state index is 11.8. The van der Waals surface area contributed by atoms with E-state index in [-0.39, 0.29) is 27.2 Å². The summed E-state index contributed by atoms with van der Waals surface area (Å²) in [5.74, 6) is 0.720. The van der Waals surface area contributed by atoms with Crippen LogP contribution in [0.15, 0.2) is 18.2 Å². The Balaban J connectivity index is 2.30. The Hall–Kier alpha value is -1.20. The number of rotatable bonds is 7. The largest absolute Gasteiger partial charge is 0.414 e.